The highest BCUT2D eigenvalue weighted by molar-refractivity contribution is 9.10. The molecule has 5 rings (SSSR count). The summed E-state index contributed by atoms with van der Waals surface area (Å²) in [5.74, 6) is -1.09. The van der Waals surface area contributed by atoms with Crippen molar-refractivity contribution in [3.05, 3.63) is 74.4 Å². The molecule has 1 fully saturated rings. The van der Waals surface area contributed by atoms with E-state index in [1.807, 2.05) is 24.3 Å². The number of hydrogen-bond acceptors (Lipinski definition) is 5. The van der Waals surface area contributed by atoms with Crippen molar-refractivity contribution in [2.75, 3.05) is 18.0 Å². The number of halogens is 3. The number of carbonyl (C=O) groups excluding carboxylic acids is 3. The Labute approximate surface area is 256 Å². The molecule has 2 aliphatic heterocycles. The molecule has 0 unspecified atom stereocenters. The van der Waals surface area contributed by atoms with Crippen molar-refractivity contribution in [2.45, 2.75) is 44.7 Å². The Morgan fingerprint density at radius 3 is 2.56 bits per heavy atom. The number of rotatable bonds is 6. The van der Waals surface area contributed by atoms with Gasteiger partial charge in [0.15, 0.2) is 0 Å². The third-order valence-electron chi connectivity index (χ3n) is 7.53. The molecule has 3 amide bonds. The SMILES string of the molecule is C[C@H](NC(=O)c1cnc2n1[C@](C)(Cc1ccc(Br)cc1)C(=O)N2c1cc(Cl)cc(Cl)c1)C(=O)N1CCC[C@@H](C#N)C1. The molecule has 41 heavy (non-hydrogen) atoms. The number of hydrogen-bond donors (Lipinski definition) is 1. The third kappa shape index (κ3) is 5.59. The fourth-order valence-electron chi connectivity index (χ4n) is 5.52. The Bertz CT molecular complexity index is 1550. The van der Waals surface area contributed by atoms with E-state index in [1.165, 1.54) is 11.1 Å². The quantitative estimate of drug-likeness (QED) is 0.378. The summed E-state index contributed by atoms with van der Waals surface area (Å²) in [4.78, 5) is 48.5. The molecule has 0 saturated carbocycles. The Kier molecular flexibility index (Phi) is 8.15. The maximum Gasteiger partial charge on any atom is 0.270 e. The molecule has 1 N–H and O–H groups in total. The van der Waals surface area contributed by atoms with Gasteiger partial charge in [0.05, 0.1) is 23.9 Å². The number of piperidine rings is 1. The van der Waals surface area contributed by atoms with E-state index < -0.39 is 17.5 Å². The Hall–Kier alpha value is -3.39. The number of aromatic nitrogens is 2. The van der Waals surface area contributed by atoms with Crippen LogP contribution in [0.1, 0.15) is 42.7 Å². The largest absolute Gasteiger partial charge is 0.340 e. The molecule has 9 nitrogen and oxygen atoms in total. The molecule has 12 heteroatoms. The minimum atomic E-state index is -1.23. The van der Waals surface area contributed by atoms with Gasteiger partial charge in [-0.05, 0) is 62.6 Å². The summed E-state index contributed by atoms with van der Waals surface area (Å²) in [6, 6.07) is 13.8. The van der Waals surface area contributed by atoms with Gasteiger partial charge < -0.3 is 10.2 Å². The molecule has 0 radical (unpaired) electrons. The number of carbonyl (C=O) groups is 3. The molecule has 2 aromatic carbocycles. The van der Waals surface area contributed by atoms with Gasteiger partial charge in [0.25, 0.3) is 11.8 Å². The predicted octanol–water partition coefficient (Wildman–Crippen LogP) is 5.47. The van der Waals surface area contributed by atoms with Gasteiger partial charge in [-0.1, -0.05) is 51.3 Å². The number of anilines is 2. The molecular formula is C29H27BrCl2N6O3. The number of nitrogens with one attached hydrogen (secondary N) is 1. The van der Waals surface area contributed by atoms with Crippen LogP contribution in [0.5, 0.6) is 0 Å². The zero-order valence-electron chi connectivity index (χ0n) is 22.4. The normalized spacial score (nSPS) is 20.9. The second-order valence-corrected chi connectivity index (χ2v) is 12.4. The lowest BCUT2D eigenvalue weighted by molar-refractivity contribution is -0.134. The second kappa shape index (κ2) is 11.5. The molecule has 2 aliphatic rings. The summed E-state index contributed by atoms with van der Waals surface area (Å²) in [6.45, 7) is 4.25. The van der Waals surface area contributed by atoms with Gasteiger partial charge in [0, 0.05) is 34.0 Å². The lowest BCUT2D eigenvalue weighted by Crippen LogP contribution is -2.50. The molecular weight excluding hydrogens is 631 g/mol. The van der Waals surface area contributed by atoms with Gasteiger partial charge in [0.2, 0.25) is 11.9 Å². The standard InChI is InChI=1S/C29H27BrCl2N6O3/c1-17(26(40)36-9-3-4-19(14-33)16-36)35-25(39)24-15-34-28-37(23-11-21(31)10-22(32)12-23)27(41)29(2,38(24)28)13-18-5-7-20(30)8-6-18/h5-8,10-12,15,17,19H,3-4,9,13,16H2,1-2H3,(H,35,39)/t17-,19-,29+/m0/s1. The summed E-state index contributed by atoms with van der Waals surface area (Å²) >= 11 is 16.0. The van der Waals surface area contributed by atoms with Crippen LogP contribution >= 0.6 is 39.1 Å². The summed E-state index contributed by atoms with van der Waals surface area (Å²) in [6.07, 6.45) is 3.16. The molecule has 0 aliphatic carbocycles. The van der Waals surface area contributed by atoms with E-state index in [1.54, 1.807) is 41.5 Å². The van der Waals surface area contributed by atoms with E-state index in [-0.39, 0.29) is 35.8 Å². The first kappa shape index (κ1) is 29.1. The van der Waals surface area contributed by atoms with Crippen molar-refractivity contribution >= 4 is 68.5 Å². The Balaban J connectivity index is 1.50. The van der Waals surface area contributed by atoms with E-state index in [0.29, 0.717) is 28.8 Å². The van der Waals surface area contributed by atoms with Crippen molar-refractivity contribution in [3.63, 3.8) is 0 Å². The van der Waals surface area contributed by atoms with Crippen LogP contribution in [0.3, 0.4) is 0 Å². The van der Waals surface area contributed by atoms with Crippen LogP contribution < -0.4 is 10.2 Å². The van der Waals surface area contributed by atoms with Crippen LogP contribution in [0.4, 0.5) is 11.6 Å². The van der Waals surface area contributed by atoms with Gasteiger partial charge >= 0.3 is 0 Å². The van der Waals surface area contributed by atoms with Crippen LogP contribution in [0.2, 0.25) is 10.0 Å². The highest BCUT2D eigenvalue weighted by Crippen LogP contribution is 2.43. The average molecular weight is 658 g/mol. The summed E-state index contributed by atoms with van der Waals surface area (Å²) < 4.78 is 2.52. The van der Waals surface area contributed by atoms with Crippen LogP contribution in [-0.2, 0) is 21.5 Å². The van der Waals surface area contributed by atoms with Gasteiger partial charge in [-0.25, -0.2) is 9.88 Å². The maximum atomic E-state index is 14.2. The fourth-order valence-corrected chi connectivity index (χ4v) is 6.30. The van der Waals surface area contributed by atoms with E-state index in [0.717, 1.165) is 22.9 Å². The van der Waals surface area contributed by atoms with Gasteiger partial charge in [-0.3, -0.25) is 19.0 Å². The van der Waals surface area contributed by atoms with E-state index >= 15 is 0 Å². The van der Waals surface area contributed by atoms with Gasteiger partial charge in [0.1, 0.15) is 17.3 Å². The topological polar surface area (TPSA) is 111 Å². The molecule has 1 saturated heterocycles. The first-order chi connectivity index (χ1) is 19.5. The van der Waals surface area contributed by atoms with Crippen LogP contribution in [0, 0.1) is 17.2 Å². The Morgan fingerprint density at radius 1 is 1.22 bits per heavy atom. The minimum absolute atomic E-state index is 0.136. The van der Waals surface area contributed by atoms with Crippen LogP contribution in [0.15, 0.2) is 53.1 Å². The number of nitriles is 1. The van der Waals surface area contributed by atoms with Gasteiger partial charge in [-0.15, -0.1) is 0 Å². The third-order valence-corrected chi connectivity index (χ3v) is 8.50. The van der Waals surface area contributed by atoms with E-state index in [2.05, 4.69) is 32.3 Å². The highest BCUT2D eigenvalue weighted by atomic mass is 79.9. The summed E-state index contributed by atoms with van der Waals surface area (Å²) in [5, 5.41) is 12.8. The molecule has 3 aromatic rings. The van der Waals surface area contributed by atoms with E-state index in [9.17, 15) is 19.6 Å². The zero-order valence-corrected chi connectivity index (χ0v) is 25.5. The molecule has 3 heterocycles. The lowest BCUT2D eigenvalue weighted by Gasteiger charge is -2.32. The highest BCUT2D eigenvalue weighted by Gasteiger charge is 2.51. The summed E-state index contributed by atoms with van der Waals surface area (Å²) in [7, 11) is 0. The van der Waals surface area contributed by atoms with E-state index in [4.69, 9.17) is 23.2 Å². The molecule has 0 spiro atoms. The number of likely N-dealkylation sites (tertiary alicyclic amines) is 1. The van der Waals surface area contributed by atoms with Crippen molar-refractivity contribution in [2.24, 2.45) is 5.92 Å². The maximum absolute atomic E-state index is 14.2. The van der Waals surface area contributed by atoms with Gasteiger partial charge in [-0.2, -0.15) is 5.26 Å². The number of nitrogens with zero attached hydrogens (tertiary/aromatic N) is 5. The molecule has 0 bridgehead atoms. The number of fused-ring (bicyclic) bond motifs is 1. The molecule has 3 atom stereocenters. The average Bonchev–Trinajstić information content (AvgIpc) is 3.46. The number of benzene rings is 2. The number of amides is 3. The van der Waals surface area contributed by atoms with Crippen molar-refractivity contribution in [3.8, 4) is 6.07 Å². The smallest absolute Gasteiger partial charge is 0.270 e. The first-order valence-corrected chi connectivity index (χ1v) is 14.7. The van der Waals surface area contributed by atoms with Crippen molar-refractivity contribution < 1.29 is 14.4 Å². The van der Waals surface area contributed by atoms with Crippen molar-refractivity contribution in [1.29, 1.82) is 5.26 Å². The van der Waals surface area contributed by atoms with Crippen LogP contribution in [-0.4, -0.2) is 51.3 Å². The molecule has 212 valence electrons. The monoisotopic (exact) mass is 656 g/mol. The zero-order chi connectivity index (χ0) is 29.5. The van der Waals surface area contributed by atoms with Crippen molar-refractivity contribution in [1.82, 2.24) is 19.8 Å². The predicted molar refractivity (Wildman–Crippen MR) is 159 cm³/mol. The molecule has 1 aromatic heterocycles. The fraction of sp³-hybridized carbons (Fsp3) is 0.345. The minimum Gasteiger partial charge on any atom is -0.340 e. The number of imidazole rings is 1. The second-order valence-electron chi connectivity index (χ2n) is 10.6. The Morgan fingerprint density at radius 2 is 1.90 bits per heavy atom. The summed E-state index contributed by atoms with van der Waals surface area (Å²) in [5.41, 5.74) is 0.200. The van der Waals surface area contributed by atoms with Crippen LogP contribution in [0.25, 0.3) is 0 Å². The lowest BCUT2D eigenvalue weighted by atomic mass is 9.91. The first-order valence-electron chi connectivity index (χ1n) is 13.1.